The zero-order valence-corrected chi connectivity index (χ0v) is 9.95. The molecular weight excluding hydrogens is 192 g/mol. The average Bonchev–Trinajstić information content (AvgIpc) is 2.17. The van der Waals surface area contributed by atoms with E-state index in [2.05, 4.69) is 24.2 Å². The number of esters is 1. The molecule has 15 heavy (non-hydrogen) atoms. The Bertz CT molecular complexity index is 209. The minimum absolute atomic E-state index is 0.0921. The number of hydrogen-bond donors (Lipinski definition) is 1. The Morgan fingerprint density at radius 1 is 1.53 bits per heavy atom. The van der Waals surface area contributed by atoms with Crippen molar-refractivity contribution in [3.63, 3.8) is 0 Å². The fourth-order valence-corrected chi connectivity index (χ4v) is 2.35. The maximum atomic E-state index is 11.2. The zero-order valence-electron chi connectivity index (χ0n) is 9.95. The van der Waals surface area contributed by atoms with Crippen LogP contribution in [0.1, 0.15) is 19.8 Å². The summed E-state index contributed by atoms with van der Waals surface area (Å²) in [4.78, 5) is 13.5. The molecule has 0 aliphatic carbocycles. The van der Waals surface area contributed by atoms with E-state index in [0.717, 1.165) is 26.1 Å². The lowest BCUT2D eigenvalue weighted by Crippen LogP contribution is -2.48. The predicted molar refractivity (Wildman–Crippen MR) is 59.7 cm³/mol. The highest BCUT2D eigenvalue weighted by molar-refractivity contribution is 5.69. The number of nitrogens with one attached hydrogen (secondary N) is 1. The molecule has 0 spiro atoms. The third-order valence-corrected chi connectivity index (χ3v) is 2.90. The third kappa shape index (κ3) is 4.18. The van der Waals surface area contributed by atoms with Crippen molar-refractivity contribution in [1.29, 1.82) is 0 Å². The van der Waals surface area contributed by atoms with Crippen LogP contribution in [0.5, 0.6) is 0 Å². The monoisotopic (exact) mass is 214 g/mol. The van der Waals surface area contributed by atoms with E-state index in [1.165, 1.54) is 7.11 Å². The van der Waals surface area contributed by atoms with Gasteiger partial charge in [-0.15, -0.1) is 0 Å². The lowest BCUT2D eigenvalue weighted by Gasteiger charge is -2.35. The van der Waals surface area contributed by atoms with Crippen molar-refractivity contribution < 1.29 is 9.53 Å². The van der Waals surface area contributed by atoms with Gasteiger partial charge in [0.25, 0.3) is 0 Å². The molecule has 1 aliphatic rings. The van der Waals surface area contributed by atoms with Gasteiger partial charge in [0.2, 0.25) is 0 Å². The summed E-state index contributed by atoms with van der Waals surface area (Å²) in [6, 6.07) is 0.517. The number of piperidine rings is 1. The first-order chi connectivity index (χ1) is 7.15. The Hall–Kier alpha value is -0.610. The molecule has 0 bridgehead atoms. The third-order valence-electron chi connectivity index (χ3n) is 2.90. The molecule has 2 unspecified atom stereocenters. The Morgan fingerprint density at radius 3 is 2.87 bits per heavy atom. The minimum atomic E-state index is -0.0921. The molecule has 1 saturated heterocycles. The molecule has 0 aromatic carbocycles. The highest BCUT2D eigenvalue weighted by Gasteiger charge is 2.26. The zero-order chi connectivity index (χ0) is 11.3. The SMILES string of the molecule is CCNC1CC(CC(=O)OC)CN(C)C1. The lowest BCUT2D eigenvalue weighted by molar-refractivity contribution is -0.142. The highest BCUT2D eigenvalue weighted by Crippen LogP contribution is 2.19. The van der Waals surface area contributed by atoms with E-state index >= 15 is 0 Å². The topological polar surface area (TPSA) is 41.6 Å². The molecular formula is C11H22N2O2. The van der Waals surface area contributed by atoms with Crippen molar-refractivity contribution in [3.8, 4) is 0 Å². The molecule has 88 valence electrons. The molecule has 2 atom stereocenters. The van der Waals surface area contributed by atoms with Gasteiger partial charge >= 0.3 is 5.97 Å². The van der Waals surface area contributed by atoms with E-state index < -0.39 is 0 Å². The Balaban J connectivity index is 2.40. The summed E-state index contributed by atoms with van der Waals surface area (Å²) in [5.74, 6) is 0.339. The van der Waals surface area contributed by atoms with Gasteiger partial charge in [-0.25, -0.2) is 0 Å². The van der Waals surface area contributed by atoms with E-state index in [9.17, 15) is 4.79 Å². The van der Waals surface area contributed by atoms with Crippen LogP contribution in [0, 0.1) is 5.92 Å². The van der Waals surface area contributed by atoms with Crippen LogP contribution in [-0.4, -0.2) is 50.7 Å². The first-order valence-corrected chi connectivity index (χ1v) is 5.64. The Kier molecular flexibility index (Phi) is 5.05. The maximum absolute atomic E-state index is 11.2. The summed E-state index contributed by atoms with van der Waals surface area (Å²) >= 11 is 0. The number of carbonyl (C=O) groups excluding carboxylic acids is 1. The van der Waals surface area contributed by atoms with Gasteiger partial charge in [-0.05, 0) is 25.9 Å². The predicted octanol–water partition coefficient (Wildman–Crippen LogP) is 0.479. The molecule has 1 rings (SSSR count). The van der Waals surface area contributed by atoms with E-state index in [1.54, 1.807) is 0 Å². The van der Waals surface area contributed by atoms with Crippen LogP contribution in [0.4, 0.5) is 0 Å². The number of likely N-dealkylation sites (tertiary alicyclic amines) is 1. The highest BCUT2D eigenvalue weighted by atomic mass is 16.5. The standard InChI is InChI=1S/C11H22N2O2/c1-4-12-10-5-9(6-11(14)15-3)7-13(2)8-10/h9-10,12H,4-8H2,1-3H3. The van der Waals surface area contributed by atoms with Crippen LogP contribution < -0.4 is 5.32 Å². The number of nitrogens with zero attached hydrogens (tertiary/aromatic N) is 1. The summed E-state index contributed by atoms with van der Waals surface area (Å²) in [7, 11) is 3.56. The lowest BCUT2D eigenvalue weighted by atomic mass is 9.92. The van der Waals surface area contributed by atoms with Crippen molar-refractivity contribution in [2.75, 3.05) is 33.8 Å². The van der Waals surface area contributed by atoms with Gasteiger partial charge in [-0.3, -0.25) is 4.79 Å². The molecule has 0 saturated carbocycles. The number of hydrogen-bond acceptors (Lipinski definition) is 4. The number of carbonyl (C=O) groups is 1. The van der Waals surface area contributed by atoms with Gasteiger partial charge in [-0.1, -0.05) is 6.92 Å². The van der Waals surface area contributed by atoms with Crippen LogP contribution in [0.3, 0.4) is 0 Å². The summed E-state index contributed by atoms with van der Waals surface area (Å²) in [6.45, 7) is 5.18. The normalized spacial score (nSPS) is 27.7. The molecule has 0 amide bonds. The maximum Gasteiger partial charge on any atom is 0.305 e. The molecule has 1 aliphatic heterocycles. The molecule has 1 N–H and O–H groups in total. The number of likely N-dealkylation sites (N-methyl/N-ethyl adjacent to an activating group) is 2. The quantitative estimate of drug-likeness (QED) is 0.691. The summed E-state index contributed by atoms with van der Waals surface area (Å²) < 4.78 is 4.71. The van der Waals surface area contributed by atoms with Crippen molar-refractivity contribution in [2.45, 2.75) is 25.8 Å². The van der Waals surface area contributed by atoms with Gasteiger partial charge in [0.1, 0.15) is 0 Å². The molecule has 4 heteroatoms. The molecule has 4 nitrogen and oxygen atoms in total. The van der Waals surface area contributed by atoms with E-state index in [4.69, 9.17) is 4.74 Å². The first-order valence-electron chi connectivity index (χ1n) is 5.64. The second-order valence-electron chi connectivity index (χ2n) is 4.36. The van der Waals surface area contributed by atoms with Crippen LogP contribution in [0.2, 0.25) is 0 Å². The second kappa shape index (κ2) is 6.08. The van der Waals surface area contributed by atoms with Crippen LogP contribution in [0.15, 0.2) is 0 Å². The van der Waals surface area contributed by atoms with Crippen LogP contribution >= 0.6 is 0 Å². The van der Waals surface area contributed by atoms with Gasteiger partial charge in [-0.2, -0.15) is 0 Å². The Morgan fingerprint density at radius 2 is 2.27 bits per heavy atom. The molecule has 0 radical (unpaired) electrons. The van der Waals surface area contributed by atoms with Crippen LogP contribution in [-0.2, 0) is 9.53 Å². The number of rotatable bonds is 4. The van der Waals surface area contributed by atoms with E-state index in [0.29, 0.717) is 18.4 Å². The van der Waals surface area contributed by atoms with Crippen LogP contribution in [0.25, 0.3) is 0 Å². The summed E-state index contributed by atoms with van der Waals surface area (Å²) in [5.41, 5.74) is 0. The molecule has 1 fully saturated rings. The summed E-state index contributed by atoms with van der Waals surface area (Å²) in [6.07, 6.45) is 1.62. The fraction of sp³-hybridized carbons (Fsp3) is 0.909. The average molecular weight is 214 g/mol. The number of ether oxygens (including phenoxy) is 1. The van der Waals surface area contributed by atoms with Crippen molar-refractivity contribution in [3.05, 3.63) is 0 Å². The molecule has 0 aromatic rings. The molecule has 0 aromatic heterocycles. The largest absolute Gasteiger partial charge is 0.469 e. The van der Waals surface area contributed by atoms with Gasteiger partial charge in [0, 0.05) is 25.6 Å². The minimum Gasteiger partial charge on any atom is -0.469 e. The summed E-state index contributed by atoms with van der Waals surface area (Å²) in [5, 5.41) is 3.44. The van der Waals surface area contributed by atoms with Gasteiger partial charge in [0.05, 0.1) is 7.11 Å². The van der Waals surface area contributed by atoms with E-state index in [1.807, 2.05) is 0 Å². The first kappa shape index (κ1) is 12.5. The van der Waals surface area contributed by atoms with Crippen molar-refractivity contribution in [1.82, 2.24) is 10.2 Å². The smallest absolute Gasteiger partial charge is 0.305 e. The van der Waals surface area contributed by atoms with Gasteiger partial charge in [0.15, 0.2) is 0 Å². The Labute approximate surface area is 92.0 Å². The van der Waals surface area contributed by atoms with E-state index in [-0.39, 0.29) is 5.97 Å². The fourth-order valence-electron chi connectivity index (χ4n) is 2.35. The molecule has 1 heterocycles. The van der Waals surface area contributed by atoms with Gasteiger partial charge < -0.3 is 15.0 Å². The van der Waals surface area contributed by atoms with Crippen molar-refractivity contribution in [2.24, 2.45) is 5.92 Å². The van der Waals surface area contributed by atoms with Crippen molar-refractivity contribution >= 4 is 5.97 Å². The second-order valence-corrected chi connectivity index (χ2v) is 4.36. The number of methoxy groups -OCH3 is 1.